The van der Waals surface area contributed by atoms with Crippen molar-refractivity contribution in [3.8, 4) is 34.5 Å². The van der Waals surface area contributed by atoms with E-state index < -0.39 is 16.8 Å². The largest absolute Gasteiger partial charge is 0.530 e. The summed E-state index contributed by atoms with van der Waals surface area (Å²) in [5.74, 6) is 3.98. The van der Waals surface area contributed by atoms with Crippen LogP contribution in [-0.2, 0) is 38.9 Å². The van der Waals surface area contributed by atoms with Crippen LogP contribution in [0.25, 0.3) is 21.9 Å². The molecule has 6 aromatic carbocycles. The molecule has 12 heteroatoms. The Morgan fingerprint density at radius 3 is 1.46 bits per heavy atom. The van der Waals surface area contributed by atoms with Crippen LogP contribution in [0.15, 0.2) is 118 Å². The lowest BCUT2D eigenvalue weighted by atomic mass is 9.92. The van der Waals surface area contributed by atoms with Crippen LogP contribution in [0.1, 0.15) is 130 Å². The van der Waals surface area contributed by atoms with Crippen LogP contribution >= 0.6 is 16.8 Å². The topological polar surface area (TPSA) is 122 Å². The maximum atomic E-state index is 10.5. The van der Waals surface area contributed by atoms with Crippen LogP contribution in [0.2, 0.25) is 0 Å². The molecule has 69 heavy (non-hydrogen) atoms. The molecule has 1 aromatic heterocycles. The summed E-state index contributed by atoms with van der Waals surface area (Å²) in [5, 5.41) is 22.7. The molecule has 0 amide bonds. The van der Waals surface area contributed by atoms with Gasteiger partial charge in [-0.15, -0.1) is 0 Å². The second kappa shape index (κ2) is 25.3. The van der Waals surface area contributed by atoms with Crippen molar-refractivity contribution in [3.63, 3.8) is 0 Å². The average Bonchev–Trinajstić information content (AvgIpc) is 3.54. The standard InChI is InChI=1S/C57H68O10P2/c1-8-12-21-42-28-40(37-58)30-52-53-31-41(38-59)29-43(22-13-9-2)56(53)66-69(65-55(42)52)67-57-46(35-50(61-7)36-51(57)39(5)11-4)32-45-34-49(60-6)33-44(23-14-10-3)54(45)64-68(62-47-24-17-15-18-25-47)63-48-26-19-16-20-27-48/h15-20,24-31,33-36,39,58-59H,8-14,21-23,32,37-38H2,1-7H3. The van der Waals surface area contributed by atoms with E-state index in [0.717, 1.165) is 119 Å². The third-order valence-electron chi connectivity index (χ3n) is 12.4. The Hall–Kier alpha value is -5.63. The van der Waals surface area contributed by atoms with E-state index >= 15 is 0 Å². The summed E-state index contributed by atoms with van der Waals surface area (Å²) in [6.45, 7) is 10.6. The van der Waals surface area contributed by atoms with Crippen molar-refractivity contribution >= 4 is 38.8 Å². The first kappa shape index (κ1) is 51.2. The van der Waals surface area contributed by atoms with Gasteiger partial charge in [-0.2, -0.15) is 0 Å². The van der Waals surface area contributed by atoms with E-state index in [0.29, 0.717) is 52.1 Å². The monoisotopic (exact) mass is 974 g/mol. The fourth-order valence-electron chi connectivity index (χ4n) is 8.44. The number of fused-ring (bicyclic) bond motifs is 3. The SMILES string of the molecule is CCCCc1cc(OC)cc(Cc2cc(OC)cc(C(C)CC)c2Op2oc3c(CCCC)cc(CO)cc3c3cc(CO)cc(CCCC)c3o2)c1OP(Oc1ccccc1)Oc1ccccc1. The van der Waals surface area contributed by atoms with Gasteiger partial charge in [0.2, 0.25) is 0 Å². The number of rotatable bonds is 25. The Bertz CT molecular complexity index is 2670. The first-order chi connectivity index (χ1) is 33.7. The van der Waals surface area contributed by atoms with E-state index in [1.54, 1.807) is 14.2 Å². The zero-order valence-electron chi connectivity index (χ0n) is 41.2. The highest BCUT2D eigenvalue weighted by Gasteiger charge is 2.28. The summed E-state index contributed by atoms with van der Waals surface area (Å²) < 4.78 is 53.6. The molecule has 0 fully saturated rings. The van der Waals surface area contributed by atoms with Crippen LogP contribution < -0.4 is 27.6 Å². The van der Waals surface area contributed by atoms with Crippen molar-refractivity contribution < 1.29 is 46.2 Å². The smallest absolute Gasteiger partial charge is 0.497 e. The third-order valence-corrected chi connectivity index (χ3v) is 14.4. The van der Waals surface area contributed by atoms with Crippen LogP contribution in [-0.4, -0.2) is 24.4 Å². The molecule has 0 aliphatic heterocycles. The van der Waals surface area contributed by atoms with Crippen LogP contribution in [0.5, 0.6) is 34.5 Å². The number of para-hydroxylation sites is 2. The van der Waals surface area contributed by atoms with Crippen molar-refractivity contribution in [1.82, 2.24) is 0 Å². The number of aliphatic hydroxyl groups excluding tert-OH is 2. The van der Waals surface area contributed by atoms with Crippen molar-refractivity contribution in [2.75, 3.05) is 14.2 Å². The van der Waals surface area contributed by atoms with Gasteiger partial charge in [0, 0.05) is 33.9 Å². The minimum Gasteiger partial charge on any atom is -0.497 e. The predicted octanol–water partition coefficient (Wildman–Crippen LogP) is 16.0. The van der Waals surface area contributed by atoms with Gasteiger partial charge < -0.3 is 46.2 Å². The summed E-state index contributed by atoms with van der Waals surface area (Å²) in [7, 11) is -0.796. The van der Waals surface area contributed by atoms with Gasteiger partial charge >= 0.3 is 16.8 Å². The van der Waals surface area contributed by atoms with E-state index in [1.807, 2.05) is 103 Å². The summed E-state index contributed by atoms with van der Waals surface area (Å²) >= 11 is 0. The number of unbranched alkanes of at least 4 members (excludes halogenated alkanes) is 3. The van der Waals surface area contributed by atoms with E-state index in [9.17, 15) is 10.2 Å². The van der Waals surface area contributed by atoms with Gasteiger partial charge in [-0.1, -0.05) is 90.3 Å². The van der Waals surface area contributed by atoms with Crippen LogP contribution in [0, 0.1) is 0 Å². The normalized spacial score (nSPS) is 11.8. The van der Waals surface area contributed by atoms with Gasteiger partial charge in [-0.05, 0) is 151 Å². The molecule has 0 spiro atoms. The minimum absolute atomic E-state index is 0.0578. The molecule has 366 valence electrons. The zero-order chi connectivity index (χ0) is 48.7. The Balaban J connectivity index is 1.46. The Labute approximate surface area is 410 Å². The van der Waals surface area contributed by atoms with Crippen molar-refractivity contribution in [3.05, 3.63) is 154 Å². The summed E-state index contributed by atoms with van der Waals surface area (Å²) in [5.41, 5.74) is 8.43. The molecule has 0 aliphatic carbocycles. The Morgan fingerprint density at radius 2 is 1.00 bits per heavy atom. The molecule has 0 bridgehead atoms. The zero-order valence-corrected chi connectivity index (χ0v) is 43.0. The Morgan fingerprint density at radius 1 is 0.536 bits per heavy atom. The summed E-state index contributed by atoms with van der Waals surface area (Å²) in [6, 6.07) is 35.3. The lowest BCUT2D eigenvalue weighted by Crippen LogP contribution is -2.08. The lowest BCUT2D eigenvalue weighted by Gasteiger charge is -2.23. The number of aryl methyl sites for hydroxylation is 3. The average molecular weight is 975 g/mol. The minimum atomic E-state index is -2.15. The van der Waals surface area contributed by atoms with Gasteiger partial charge in [-0.25, -0.2) is 0 Å². The van der Waals surface area contributed by atoms with Gasteiger partial charge in [0.25, 0.3) is 0 Å². The van der Waals surface area contributed by atoms with Crippen LogP contribution in [0.4, 0.5) is 0 Å². The lowest BCUT2D eigenvalue weighted by molar-refractivity contribution is 0.281. The third kappa shape index (κ3) is 13.0. The highest BCUT2D eigenvalue weighted by molar-refractivity contribution is 7.43. The van der Waals surface area contributed by atoms with Gasteiger partial charge in [0.15, 0.2) is 0 Å². The van der Waals surface area contributed by atoms with Gasteiger partial charge in [0.1, 0.15) is 45.7 Å². The summed E-state index contributed by atoms with van der Waals surface area (Å²) in [4.78, 5) is 0. The van der Waals surface area contributed by atoms with Gasteiger partial charge in [-0.3, -0.25) is 0 Å². The fourth-order valence-corrected chi connectivity index (χ4v) is 10.7. The van der Waals surface area contributed by atoms with E-state index in [-0.39, 0.29) is 19.1 Å². The molecule has 0 radical (unpaired) electrons. The fraction of sp³-hybridized carbons (Fsp3) is 0.368. The number of benzene rings is 6. The number of hydrogen-bond donors (Lipinski definition) is 2. The van der Waals surface area contributed by atoms with E-state index in [1.165, 1.54) is 0 Å². The molecule has 0 saturated heterocycles. The molecular weight excluding hydrogens is 907 g/mol. The molecule has 1 atom stereocenters. The maximum Gasteiger partial charge on any atom is 0.530 e. The highest BCUT2D eigenvalue weighted by Crippen LogP contribution is 2.49. The molecule has 7 aromatic rings. The van der Waals surface area contributed by atoms with Crippen molar-refractivity contribution in [2.24, 2.45) is 0 Å². The number of hydrogen-bond acceptors (Lipinski definition) is 10. The first-order valence-corrected chi connectivity index (χ1v) is 26.6. The molecular formula is C57H68O10P2. The molecule has 0 saturated carbocycles. The molecule has 7 rings (SSSR count). The van der Waals surface area contributed by atoms with Gasteiger partial charge in [0.05, 0.1) is 27.4 Å². The molecule has 1 unspecified atom stereocenters. The quantitative estimate of drug-likeness (QED) is 0.0535. The highest BCUT2D eigenvalue weighted by atomic mass is 31.2. The Kier molecular flexibility index (Phi) is 18.8. The maximum absolute atomic E-state index is 10.5. The first-order valence-electron chi connectivity index (χ1n) is 24.4. The van der Waals surface area contributed by atoms with Crippen molar-refractivity contribution in [1.29, 1.82) is 0 Å². The second-order valence-corrected chi connectivity index (χ2v) is 19.5. The summed E-state index contributed by atoms with van der Waals surface area (Å²) in [6.07, 6.45) is 9.11. The number of ether oxygens (including phenoxy) is 2. The second-order valence-electron chi connectivity index (χ2n) is 17.5. The molecule has 2 N–H and O–H groups in total. The van der Waals surface area contributed by atoms with Crippen molar-refractivity contribution in [2.45, 2.75) is 124 Å². The molecule has 1 heterocycles. The van der Waals surface area contributed by atoms with Crippen LogP contribution in [0.3, 0.4) is 0 Å². The molecule has 0 aliphatic rings. The predicted molar refractivity (Wildman–Crippen MR) is 279 cm³/mol. The molecule has 10 nitrogen and oxygen atoms in total. The van der Waals surface area contributed by atoms with E-state index in [2.05, 4.69) is 40.7 Å². The number of aliphatic hydroxyl groups is 2. The number of methoxy groups -OCH3 is 2. The van der Waals surface area contributed by atoms with E-state index in [4.69, 9.17) is 36.0 Å².